The van der Waals surface area contributed by atoms with Gasteiger partial charge >= 0.3 is 6.18 Å². The number of rotatable bonds is 7. The topological polar surface area (TPSA) is 86.4 Å². The Labute approximate surface area is 254 Å². The Hall–Kier alpha value is -2.36. The average Bonchev–Trinajstić information content (AvgIpc) is 3.44. The standard InChI is InChI=1S/C33H50F3N5O2/c34-33(35,36)26-21-32(14-7-4-2-1-3-5-8-15-32)29(39-23-26)31(43)41-18-12-24(13-19-41)10-6-9-16-38-30(42)28-20-25-22-37-17-11-27(25)40-28/h11,17,22,24,26,28-29,39-40H,1-10,12-16,18-21,23H2,(H,38,42). The molecule has 5 rings (SSSR count). The van der Waals surface area contributed by atoms with Gasteiger partial charge in [-0.25, -0.2) is 0 Å². The molecule has 3 fully saturated rings. The van der Waals surface area contributed by atoms with E-state index < -0.39 is 23.6 Å². The molecule has 43 heavy (non-hydrogen) atoms. The van der Waals surface area contributed by atoms with Crippen molar-refractivity contribution in [3.8, 4) is 0 Å². The van der Waals surface area contributed by atoms with Crippen molar-refractivity contribution >= 4 is 17.5 Å². The van der Waals surface area contributed by atoms with Crippen molar-refractivity contribution in [3.63, 3.8) is 0 Å². The van der Waals surface area contributed by atoms with Gasteiger partial charge in [0.05, 0.1) is 12.0 Å². The first kappa shape index (κ1) is 32.0. The first-order valence-electron chi connectivity index (χ1n) is 16.8. The molecule has 3 N–H and O–H groups in total. The first-order chi connectivity index (χ1) is 20.7. The molecule has 10 heteroatoms. The molecule has 2 saturated heterocycles. The van der Waals surface area contributed by atoms with E-state index in [1.807, 2.05) is 17.2 Å². The molecule has 3 atom stereocenters. The Morgan fingerprint density at radius 2 is 1.72 bits per heavy atom. The third-order valence-corrected chi connectivity index (χ3v) is 10.6. The van der Waals surface area contributed by atoms with Crippen LogP contribution < -0.4 is 16.0 Å². The number of halogens is 3. The summed E-state index contributed by atoms with van der Waals surface area (Å²) in [6, 6.07) is 1.15. The largest absolute Gasteiger partial charge is 0.393 e. The van der Waals surface area contributed by atoms with Gasteiger partial charge in [0.15, 0.2) is 0 Å². The average molecular weight is 606 g/mol. The molecule has 4 aliphatic rings. The maximum absolute atomic E-state index is 13.9. The summed E-state index contributed by atoms with van der Waals surface area (Å²) in [5.74, 6) is -0.792. The van der Waals surface area contributed by atoms with Crippen molar-refractivity contribution in [3.05, 3.63) is 24.0 Å². The van der Waals surface area contributed by atoms with Crippen molar-refractivity contribution in [2.75, 3.05) is 31.5 Å². The number of carbonyl (C=O) groups excluding carboxylic acids is 2. The van der Waals surface area contributed by atoms with Gasteiger partial charge in [-0.2, -0.15) is 13.2 Å². The Bertz CT molecular complexity index is 1040. The molecular weight excluding hydrogens is 555 g/mol. The molecule has 1 aromatic heterocycles. The van der Waals surface area contributed by atoms with E-state index in [9.17, 15) is 22.8 Å². The molecule has 2 amide bonds. The number of pyridine rings is 1. The third-order valence-electron chi connectivity index (χ3n) is 10.6. The van der Waals surface area contributed by atoms with Gasteiger partial charge in [-0.3, -0.25) is 14.6 Å². The summed E-state index contributed by atoms with van der Waals surface area (Å²) < 4.78 is 41.6. The number of fused-ring (bicyclic) bond motifs is 1. The van der Waals surface area contributed by atoms with Gasteiger partial charge in [0.25, 0.3) is 0 Å². The Balaban J connectivity index is 1.06. The Morgan fingerprint density at radius 3 is 2.40 bits per heavy atom. The maximum atomic E-state index is 13.9. The van der Waals surface area contributed by atoms with E-state index in [-0.39, 0.29) is 30.8 Å². The third kappa shape index (κ3) is 8.22. The van der Waals surface area contributed by atoms with Crippen LogP contribution in [0.5, 0.6) is 0 Å². The number of unbranched alkanes of at least 4 members (excludes halogenated alkanes) is 1. The highest BCUT2D eigenvalue weighted by Gasteiger charge is 2.53. The van der Waals surface area contributed by atoms with Crippen molar-refractivity contribution in [2.45, 2.75) is 121 Å². The lowest BCUT2D eigenvalue weighted by Crippen LogP contribution is -2.62. The van der Waals surface area contributed by atoms with E-state index in [2.05, 4.69) is 20.9 Å². The summed E-state index contributed by atoms with van der Waals surface area (Å²) in [4.78, 5) is 32.5. The molecule has 0 aromatic carbocycles. The molecule has 3 unspecified atom stereocenters. The number of hydrogen-bond acceptors (Lipinski definition) is 5. The van der Waals surface area contributed by atoms with Crippen molar-refractivity contribution < 1.29 is 22.8 Å². The maximum Gasteiger partial charge on any atom is 0.393 e. The zero-order valence-electron chi connectivity index (χ0n) is 25.5. The number of piperidine rings is 2. The summed E-state index contributed by atoms with van der Waals surface area (Å²) >= 11 is 0. The number of hydrogen-bond donors (Lipinski definition) is 3. The molecule has 1 spiro atoms. The second-order valence-electron chi connectivity index (χ2n) is 13.6. The van der Waals surface area contributed by atoms with Gasteiger partial charge in [0, 0.05) is 50.7 Å². The summed E-state index contributed by atoms with van der Waals surface area (Å²) in [6.45, 7) is 1.85. The zero-order valence-corrected chi connectivity index (χ0v) is 25.5. The van der Waals surface area contributed by atoms with Crippen LogP contribution in [0.4, 0.5) is 18.9 Å². The van der Waals surface area contributed by atoms with Crippen LogP contribution >= 0.6 is 0 Å². The van der Waals surface area contributed by atoms with Crippen LogP contribution in [0.25, 0.3) is 0 Å². The highest BCUT2D eigenvalue weighted by atomic mass is 19.4. The van der Waals surface area contributed by atoms with Gasteiger partial charge in [-0.1, -0.05) is 57.8 Å². The van der Waals surface area contributed by atoms with E-state index in [0.29, 0.717) is 44.8 Å². The Morgan fingerprint density at radius 1 is 1.02 bits per heavy atom. The summed E-state index contributed by atoms with van der Waals surface area (Å²) in [5, 5.41) is 9.48. The molecule has 0 radical (unpaired) electrons. The SMILES string of the molecule is O=C(NCCCCC1CCN(C(=O)C2NCC(C(F)(F)F)CC23CCCCCCCCC3)CC1)C1Cc2cnccc2N1. The minimum Gasteiger partial charge on any atom is -0.373 e. The molecule has 7 nitrogen and oxygen atoms in total. The van der Waals surface area contributed by atoms with Gasteiger partial charge in [0.2, 0.25) is 11.8 Å². The number of amides is 2. The molecule has 3 aliphatic heterocycles. The quantitative estimate of drug-likeness (QED) is 0.332. The van der Waals surface area contributed by atoms with E-state index in [4.69, 9.17) is 0 Å². The van der Waals surface area contributed by atoms with Gasteiger partial charge in [-0.15, -0.1) is 0 Å². The molecule has 1 aromatic rings. The molecule has 0 bridgehead atoms. The summed E-state index contributed by atoms with van der Waals surface area (Å²) in [5.41, 5.74) is 1.44. The van der Waals surface area contributed by atoms with Gasteiger partial charge < -0.3 is 20.9 Å². The second-order valence-corrected chi connectivity index (χ2v) is 13.6. The number of alkyl halides is 3. The van der Waals surface area contributed by atoms with Crippen LogP contribution in [-0.2, 0) is 16.0 Å². The monoisotopic (exact) mass is 605 g/mol. The van der Waals surface area contributed by atoms with Gasteiger partial charge in [-0.05, 0) is 61.5 Å². The predicted octanol–water partition coefficient (Wildman–Crippen LogP) is 5.99. The minimum atomic E-state index is -4.23. The minimum absolute atomic E-state index is 0.0224. The fourth-order valence-electron chi connectivity index (χ4n) is 8.06. The van der Waals surface area contributed by atoms with E-state index in [0.717, 1.165) is 81.9 Å². The van der Waals surface area contributed by atoms with Crippen molar-refractivity contribution in [2.24, 2.45) is 17.3 Å². The second kappa shape index (κ2) is 14.6. The summed E-state index contributed by atoms with van der Waals surface area (Å²) in [7, 11) is 0. The van der Waals surface area contributed by atoms with Crippen LogP contribution in [0.1, 0.15) is 102 Å². The van der Waals surface area contributed by atoms with Crippen LogP contribution in [0.15, 0.2) is 18.5 Å². The lowest BCUT2D eigenvalue weighted by atomic mass is 9.64. The lowest BCUT2D eigenvalue weighted by molar-refractivity contribution is -0.195. The van der Waals surface area contributed by atoms with Crippen LogP contribution in [0, 0.1) is 17.3 Å². The van der Waals surface area contributed by atoms with E-state index >= 15 is 0 Å². The fraction of sp³-hybridized carbons (Fsp3) is 0.788. The highest BCUT2D eigenvalue weighted by Crippen LogP contribution is 2.48. The van der Waals surface area contributed by atoms with Crippen molar-refractivity contribution in [1.29, 1.82) is 0 Å². The molecule has 240 valence electrons. The van der Waals surface area contributed by atoms with Crippen molar-refractivity contribution in [1.82, 2.24) is 20.5 Å². The normalized spacial score (nSPS) is 26.9. The number of aromatic nitrogens is 1. The van der Waals surface area contributed by atoms with Crippen LogP contribution in [0.2, 0.25) is 0 Å². The Kier molecular flexibility index (Phi) is 10.9. The number of nitrogens with zero attached hydrogens (tertiary/aromatic N) is 2. The fourth-order valence-corrected chi connectivity index (χ4v) is 8.06. The van der Waals surface area contributed by atoms with Crippen LogP contribution in [-0.4, -0.2) is 66.1 Å². The zero-order chi connectivity index (χ0) is 30.3. The smallest absolute Gasteiger partial charge is 0.373 e. The predicted molar refractivity (Wildman–Crippen MR) is 161 cm³/mol. The molecule has 1 saturated carbocycles. The number of likely N-dealkylation sites (tertiary alicyclic amines) is 1. The number of nitrogens with one attached hydrogen (secondary N) is 3. The molecular formula is C33H50F3N5O2. The van der Waals surface area contributed by atoms with Gasteiger partial charge in [0.1, 0.15) is 6.04 Å². The molecule has 1 aliphatic carbocycles. The van der Waals surface area contributed by atoms with E-state index in [1.165, 1.54) is 6.42 Å². The number of carbonyl (C=O) groups is 2. The van der Waals surface area contributed by atoms with E-state index in [1.54, 1.807) is 6.20 Å². The van der Waals surface area contributed by atoms with Crippen LogP contribution in [0.3, 0.4) is 0 Å². The molecule has 4 heterocycles. The summed E-state index contributed by atoms with van der Waals surface area (Å²) in [6.07, 6.45) is 13.7. The number of anilines is 1. The highest BCUT2D eigenvalue weighted by molar-refractivity contribution is 5.87. The first-order valence-corrected chi connectivity index (χ1v) is 16.8. The lowest BCUT2D eigenvalue weighted by Gasteiger charge is -2.49.